The summed E-state index contributed by atoms with van der Waals surface area (Å²) in [7, 11) is 1.73. The molecule has 1 unspecified atom stereocenters. The Labute approximate surface area is 116 Å². The van der Waals surface area contributed by atoms with Crippen molar-refractivity contribution in [3.05, 3.63) is 29.3 Å². The van der Waals surface area contributed by atoms with Gasteiger partial charge in [-0.25, -0.2) is 0 Å². The Bertz CT molecular complexity index is 438. The maximum atomic E-state index is 5.88. The smallest absolute Gasteiger partial charge is 0.122 e. The van der Waals surface area contributed by atoms with E-state index in [0.29, 0.717) is 18.4 Å². The summed E-state index contributed by atoms with van der Waals surface area (Å²) in [6, 6.07) is 6.52. The zero-order chi connectivity index (χ0) is 14.0. The average molecular weight is 263 g/mol. The number of benzene rings is 1. The van der Waals surface area contributed by atoms with Crippen LogP contribution in [0.1, 0.15) is 37.8 Å². The lowest BCUT2D eigenvalue weighted by molar-refractivity contribution is -0.0854. The fraction of sp³-hybridized carbons (Fsp3) is 0.625. The van der Waals surface area contributed by atoms with Gasteiger partial charge in [-0.3, -0.25) is 0 Å². The lowest BCUT2D eigenvalue weighted by atomic mass is 9.69. The van der Waals surface area contributed by atoms with Gasteiger partial charge in [-0.15, -0.1) is 0 Å². The molecule has 1 aromatic carbocycles. The van der Waals surface area contributed by atoms with Crippen molar-refractivity contribution in [3.63, 3.8) is 0 Å². The molecule has 1 aliphatic rings. The van der Waals surface area contributed by atoms with E-state index in [9.17, 15) is 0 Å². The molecule has 1 saturated heterocycles. The summed E-state index contributed by atoms with van der Waals surface area (Å²) in [5, 5.41) is 0. The first-order valence-electron chi connectivity index (χ1n) is 7.01. The molecule has 3 heteroatoms. The summed E-state index contributed by atoms with van der Waals surface area (Å²) in [4.78, 5) is 0. The number of hydrogen-bond acceptors (Lipinski definition) is 3. The van der Waals surface area contributed by atoms with Gasteiger partial charge in [0, 0.05) is 5.41 Å². The van der Waals surface area contributed by atoms with Gasteiger partial charge in [0.2, 0.25) is 0 Å². The van der Waals surface area contributed by atoms with Crippen molar-refractivity contribution < 1.29 is 9.47 Å². The third kappa shape index (κ3) is 2.37. The standard InChI is InChI=1S/C16H25NO2/c1-11(2)14-7-13(5-6-15(14)18-4)16(9-19-10-16)12(3)8-17/h5-7,11-12H,8-10,17H2,1-4H3. The SMILES string of the molecule is COc1ccc(C2(C(C)CN)COC2)cc1C(C)C. The van der Waals surface area contributed by atoms with Gasteiger partial charge >= 0.3 is 0 Å². The number of ether oxygens (including phenoxy) is 2. The number of rotatable bonds is 5. The third-order valence-corrected chi connectivity index (χ3v) is 4.44. The van der Waals surface area contributed by atoms with Crippen LogP contribution in [0.5, 0.6) is 5.75 Å². The minimum atomic E-state index is 0.0880. The van der Waals surface area contributed by atoms with Crippen molar-refractivity contribution >= 4 is 0 Å². The molecule has 0 saturated carbocycles. The van der Waals surface area contributed by atoms with Gasteiger partial charge in [0.15, 0.2) is 0 Å². The van der Waals surface area contributed by atoms with Crippen LogP contribution in [0.2, 0.25) is 0 Å². The Morgan fingerprint density at radius 2 is 2.00 bits per heavy atom. The first kappa shape index (κ1) is 14.4. The molecule has 19 heavy (non-hydrogen) atoms. The molecule has 106 valence electrons. The molecular weight excluding hydrogens is 238 g/mol. The molecule has 1 fully saturated rings. The second-order valence-electron chi connectivity index (χ2n) is 5.90. The molecule has 0 bridgehead atoms. The van der Waals surface area contributed by atoms with E-state index in [0.717, 1.165) is 19.0 Å². The summed E-state index contributed by atoms with van der Waals surface area (Å²) in [5.41, 5.74) is 8.56. The van der Waals surface area contributed by atoms with Gasteiger partial charge in [0.25, 0.3) is 0 Å². The maximum Gasteiger partial charge on any atom is 0.122 e. The Hall–Kier alpha value is -1.06. The highest BCUT2D eigenvalue weighted by atomic mass is 16.5. The molecule has 3 nitrogen and oxygen atoms in total. The van der Waals surface area contributed by atoms with Gasteiger partial charge in [-0.1, -0.05) is 32.9 Å². The summed E-state index contributed by atoms with van der Waals surface area (Å²) >= 11 is 0. The average Bonchev–Trinajstić information content (AvgIpc) is 2.36. The topological polar surface area (TPSA) is 44.5 Å². The van der Waals surface area contributed by atoms with E-state index in [4.69, 9.17) is 15.2 Å². The van der Waals surface area contributed by atoms with Crippen molar-refractivity contribution in [3.8, 4) is 5.75 Å². The van der Waals surface area contributed by atoms with Crippen molar-refractivity contribution in [2.45, 2.75) is 32.1 Å². The highest BCUT2D eigenvalue weighted by Crippen LogP contribution is 2.41. The first-order valence-corrected chi connectivity index (χ1v) is 7.01. The molecular formula is C16H25NO2. The summed E-state index contributed by atoms with van der Waals surface area (Å²) in [5.74, 6) is 1.84. The number of nitrogens with two attached hydrogens (primary N) is 1. The molecule has 2 rings (SSSR count). The van der Waals surface area contributed by atoms with Crippen LogP contribution in [0.4, 0.5) is 0 Å². The summed E-state index contributed by atoms with van der Waals surface area (Å²) in [6.07, 6.45) is 0. The number of hydrogen-bond donors (Lipinski definition) is 1. The molecule has 0 amide bonds. The van der Waals surface area contributed by atoms with E-state index in [1.165, 1.54) is 11.1 Å². The van der Waals surface area contributed by atoms with E-state index in [-0.39, 0.29) is 5.41 Å². The molecule has 1 atom stereocenters. The monoisotopic (exact) mass is 263 g/mol. The highest BCUT2D eigenvalue weighted by Gasteiger charge is 2.44. The molecule has 0 spiro atoms. The van der Waals surface area contributed by atoms with Crippen LogP contribution < -0.4 is 10.5 Å². The van der Waals surface area contributed by atoms with Crippen LogP contribution in [-0.2, 0) is 10.2 Å². The van der Waals surface area contributed by atoms with E-state index in [1.54, 1.807) is 7.11 Å². The molecule has 1 aromatic rings. The molecule has 0 aromatic heterocycles. The quantitative estimate of drug-likeness (QED) is 0.888. The minimum absolute atomic E-state index is 0.0880. The number of methoxy groups -OCH3 is 1. The van der Waals surface area contributed by atoms with Crippen LogP contribution in [0.15, 0.2) is 18.2 Å². The third-order valence-electron chi connectivity index (χ3n) is 4.44. The van der Waals surface area contributed by atoms with Crippen molar-refractivity contribution in [2.75, 3.05) is 26.9 Å². The Balaban J connectivity index is 2.42. The predicted octanol–water partition coefficient (Wildman–Crippen LogP) is 2.68. The van der Waals surface area contributed by atoms with Crippen LogP contribution in [-0.4, -0.2) is 26.9 Å². The van der Waals surface area contributed by atoms with E-state index < -0.39 is 0 Å². The van der Waals surface area contributed by atoms with Crippen LogP contribution in [0.3, 0.4) is 0 Å². The maximum absolute atomic E-state index is 5.88. The fourth-order valence-corrected chi connectivity index (χ4v) is 2.78. The fourth-order valence-electron chi connectivity index (χ4n) is 2.78. The zero-order valence-corrected chi connectivity index (χ0v) is 12.4. The summed E-state index contributed by atoms with van der Waals surface area (Å²) in [6.45, 7) is 8.83. The Kier molecular flexibility index (Phi) is 4.16. The van der Waals surface area contributed by atoms with Gasteiger partial charge in [0.1, 0.15) is 5.75 Å². The molecule has 0 aliphatic carbocycles. The van der Waals surface area contributed by atoms with Gasteiger partial charge in [-0.2, -0.15) is 0 Å². The van der Waals surface area contributed by atoms with Crippen LogP contribution in [0.25, 0.3) is 0 Å². The van der Waals surface area contributed by atoms with E-state index in [2.05, 4.69) is 39.0 Å². The van der Waals surface area contributed by atoms with Gasteiger partial charge < -0.3 is 15.2 Å². The second kappa shape index (κ2) is 5.51. The van der Waals surface area contributed by atoms with Gasteiger partial charge in [-0.05, 0) is 35.6 Å². The minimum Gasteiger partial charge on any atom is -0.496 e. The molecule has 0 radical (unpaired) electrons. The van der Waals surface area contributed by atoms with Crippen molar-refractivity contribution in [1.82, 2.24) is 0 Å². The van der Waals surface area contributed by atoms with Crippen molar-refractivity contribution in [2.24, 2.45) is 11.7 Å². The van der Waals surface area contributed by atoms with Crippen LogP contribution in [0, 0.1) is 5.92 Å². The zero-order valence-electron chi connectivity index (χ0n) is 12.4. The molecule has 2 N–H and O–H groups in total. The molecule has 1 heterocycles. The summed E-state index contributed by atoms with van der Waals surface area (Å²) < 4.78 is 10.9. The lowest BCUT2D eigenvalue weighted by Gasteiger charge is -2.46. The highest BCUT2D eigenvalue weighted by molar-refractivity contribution is 5.43. The normalized spacial score (nSPS) is 19.1. The molecule has 1 aliphatic heterocycles. The van der Waals surface area contributed by atoms with Crippen molar-refractivity contribution in [1.29, 1.82) is 0 Å². The van der Waals surface area contributed by atoms with E-state index >= 15 is 0 Å². The largest absolute Gasteiger partial charge is 0.496 e. The lowest BCUT2D eigenvalue weighted by Crippen LogP contribution is -2.53. The van der Waals surface area contributed by atoms with E-state index in [1.807, 2.05) is 0 Å². The Morgan fingerprint density at radius 3 is 2.42 bits per heavy atom. The first-order chi connectivity index (χ1) is 9.05. The second-order valence-corrected chi connectivity index (χ2v) is 5.90. The van der Waals surface area contributed by atoms with Gasteiger partial charge in [0.05, 0.1) is 20.3 Å². The Morgan fingerprint density at radius 1 is 1.32 bits per heavy atom. The van der Waals surface area contributed by atoms with Crippen LogP contribution >= 0.6 is 0 Å². The predicted molar refractivity (Wildman–Crippen MR) is 77.8 cm³/mol.